The topological polar surface area (TPSA) is 88.4 Å². The first-order valence-electron chi connectivity index (χ1n) is 13.2. The normalized spacial score (nSPS) is 15.7. The fraction of sp³-hybridized carbons (Fsp3) is 0.267. The predicted molar refractivity (Wildman–Crippen MR) is 158 cm³/mol. The molecule has 5 rings (SSSR count). The summed E-state index contributed by atoms with van der Waals surface area (Å²) in [5, 5.41) is 0.481. The quantitative estimate of drug-likeness (QED) is 0.247. The number of para-hydroxylation sites is 1. The highest BCUT2D eigenvalue weighted by Crippen LogP contribution is 2.39. The fourth-order valence-corrected chi connectivity index (χ4v) is 6.63. The number of hydrogen-bond donors (Lipinski definition) is 0. The van der Waals surface area contributed by atoms with Crippen molar-refractivity contribution >= 4 is 35.2 Å². The summed E-state index contributed by atoms with van der Waals surface area (Å²) >= 11 is 0. The first kappa shape index (κ1) is 29.3. The van der Waals surface area contributed by atoms with Crippen LogP contribution >= 0.6 is 7.14 Å². The van der Waals surface area contributed by atoms with Crippen molar-refractivity contribution in [3.8, 4) is 16.9 Å². The van der Waals surface area contributed by atoms with Crippen LogP contribution in [0.4, 0.5) is 19.0 Å². The third-order valence-corrected chi connectivity index (χ3v) is 8.93. The lowest BCUT2D eigenvalue weighted by Crippen LogP contribution is -2.54. The number of benzene rings is 2. The van der Waals surface area contributed by atoms with Crippen LogP contribution in [-0.2, 0) is 9.36 Å². The molecular formula is C30H29F3N5O3P. The number of halogens is 3. The molecule has 1 fully saturated rings. The van der Waals surface area contributed by atoms with E-state index in [0.29, 0.717) is 24.0 Å². The molecule has 0 saturated carbocycles. The molecule has 0 unspecified atom stereocenters. The first-order chi connectivity index (χ1) is 19.8. The molecule has 1 saturated heterocycles. The number of nitrogens with zero attached hydrogens (tertiary/aromatic N) is 5. The Morgan fingerprint density at radius 2 is 1.71 bits per heavy atom. The number of piperazine rings is 1. The van der Waals surface area contributed by atoms with E-state index in [2.05, 4.69) is 16.5 Å². The Labute approximate surface area is 240 Å². The molecule has 1 amide bonds. The van der Waals surface area contributed by atoms with Crippen molar-refractivity contribution in [3.63, 3.8) is 0 Å². The molecule has 4 aromatic rings. The van der Waals surface area contributed by atoms with E-state index in [1.54, 1.807) is 48.3 Å². The van der Waals surface area contributed by atoms with Crippen molar-refractivity contribution in [2.75, 3.05) is 37.9 Å². The number of carbonyl (C=O) groups excluding carboxylic acids is 1. The minimum atomic E-state index is -2.97. The number of pyridine rings is 1. The van der Waals surface area contributed by atoms with Crippen LogP contribution < -0.4 is 15.9 Å². The molecule has 12 heteroatoms. The zero-order valence-electron chi connectivity index (χ0n) is 23.6. The van der Waals surface area contributed by atoms with Crippen LogP contribution in [0.5, 0.6) is 0 Å². The van der Waals surface area contributed by atoms with E-state index in [1.807, 2.05) is 6.92 Å². The number of rotatable bonds is 5. The average molecular weight is 596 g/mol. The maximum absolute atomic E-state index is 15.8. The van der Waals surface area contributed by atoms with Gasteiger partial charge in [0.25, 0.3) is 0 Å². The molecule has 0 spiro atoms. The van der Waals surface area contributed by atoms with Gasteiger partial charge in [-0.2, -0.15) is 4.98 Å². The summed E-state index contributed by atoms with van der Waals surface area (Å²) in [5.41, 5.74) is -1.37. The largest absolute Gasteiger partial charge is 0.355 e. The lowest BCUT2D eigenvalue weighted by Gasteiger charge is -2.40. The number of aromatic nitrogens is 3. The van der Waals surface area contributed by atoms with Gasteiger partial charge in [-0.1, -0.05) is 24.8 Å². The Balaban J connectivity index is 1.86. The number of hydrogen-bond acceptors (Lipinski definition) is 6. The number of carbonyl (C=O) groups is 1. The first-order valence-corrected chi connectivity index (χ1v) is 15.8. The van der Waals surface area contributed by atoms with Crippen molar-refractivity contribution < 1.29 is 22.5 Å². The summed E-state index contributed by atoms with van der Waals surface area (Å²) in [5.74, 6) is -3.19. The molecule has 3 heterocycles. The average Bonchev–Trinajstić information content (AvgIpc) is 2.92. The monoisotopic (exact) mass is 595 g/mol. The number of anilines is 1. The Morgan fingerprint density at radius 1 is 1.05 bits per heavy atom. The standard InChI is InChI=1S/C30H29F3N5O3P/c1-6-24(39)36-13-14-37(18(3)16-36)28-19-15-22(33)26(25-20(31)10-8-11-21(25)32)34-29(19)38(30(40)35-28)27-17(2)9-7-12-23(27)42(4,5)41/h6-12,15,18H,1,13-14,16H2,2-5H3/t18-/m0/s1. The summed E-state index contributed by atoms with van der Waals surface area (Å²) in [4.78, 5) is 38.2. The molecular weight excluding hydrogens is 566 g/mol. The van der Waals surface area contributed by atoms with E-state index in [1.165, 1.54) is 6.08 Å². The Morgan fingerprint density at radius 3 is 2.33 bits per heavy atom. The van der Waals surface area contributed by atoms with Gasteiger partial charge in [-0.25, -0.2) is 27.5 Å². The molecule has 218 valence electrons. The van der Waals surface area contributed by atoms with Crippen molar-refractivity contribution in [2.24, 2.45) is 0 Å². The van der Waals surface area contributed by atoms with Gasteiger partial charge in [-0.15, -0.1) is 0 Å². The van der Waals surface area contributed by atoms with Gasteiger partial charge in [0.05, 0.1) is 16.6 Å². The minimum absolute atomic E-state index is 0.107. The smallest absolute Gasteiger partial charge is 0.350 e. The summed E-state index contributed by atoms with van der Waals surface area (Å²) in [6, 6.07) is 8.93. The van der Waals surface area contributed by atoms with E-state index >= 15 is 4.39 Å². The Bertz CT molecular complexity index is 1850. The van der Waals surface area contributed by atoms with Crippen LogP contribution in [0.1, 0.15) is 12.5 Å². The highest BCUT2D eigenvalue weighted by molar-refractivity contribution is 7.70. The summed E-state index contributed by atoms with van der Waals surface area (Å²) in [6.45, 7) is 11.1. The van der Waals surface area contributed by atoms with Crippen LogP contribution in [0, 0.1) is 24.4 Å². The van der Waals surface area contributed by atoms with E-state index in [9.17, 15) is 22.9 Å². The molecule has 1 aliphatic rings. The van der Waals surface area contributed by atoms with E-state index in [4.69, 9.17) is 0 Å². The molecule has 1 aliphatic heterocycles. The molecule has 2 aromatic heterocycles. The van der Waals surface area contributed by atoms with Crippen molar-refractivity contribution in [2.45, 2.75) is 19.9 Å². The van der Waals surface area contributed by atoms with Gasteiger partial charge in [0, 0.05) is 31.0 Å². The molecule has 0 bridgehead atoms. The number of amides is 1. The maximum atomic E-state index is 15.8. The van der Waals surface area contributed by atoms with Crippen LogP contribution in [-0.4, -0.2) is 64.3 Å². The van der Waals surface area contributed by atoms with Gasteiger partial charge in [0.15, 0.2) is 11.5 Å². The summed E-state index contributed by atoms with van der Waals surface area (Å²) in [7, 11) is -2.97. The van der Waals surface area contributed by atoms with Gasteiger partial charge in [0.1, 0.15) is 30.3 Å². The molecule has 2 aromatic carbocycles. The Kier molecular flexibility index (Phi) is 7.57. The second-order valence-corrected chi connectivity index (χ2v) is 13.8. The number of fused-ring (bicyclic) bond motifs is 1. The zero-order valence-corrected chi connectivity index (χ0v) is 24.5. The van der Waals surface area contributed by atoms with Crippen LogP contribution in [0.2, 0.25) is 0 Å². The predicted octanol–water partition coefficient (Wildman–Crippen LogP) is 4.64. The van der Waals surface area contributed by atoms with Gasteiger partial charge in [-0.05, 0) is 63.1 Å². The molecule has 0 aliphatic carbocycles. The third-order valence-electron chi connectivity index (χ3n) is 7.41. The SMILES string of the molecule is C=CC(=O)N1CCN(c2nc(=O)n(-c3c(C)cccc3P(C)(C)=O)c3nc(-c4c(F)cccc4F)c(F)cc23)[C@@H](C)C1. The van der Waals surface area contributed by atoms with Crippen LogP contribution in [0.25, 0.3) is 28.0 Å². The number of aryl methyl sites for hydroxylation is 1. The van der Waals surface area contributed by atoms with Gasteiger partial charge >= 0.3 is 5.69 Å². The van der Waals surface area contributed by atoms with E-state index in [-0.39, 0.29) is 41.0 Å². The van der Waals surface area contributed by atoms with E-state index in [0.717, 1.165) is 28.8 Å². The second kappa shape index (κ2) is 10.9. The van der Waals surface area contributed by atoms with Gasteiger partial charge in [0.2, 0.25) is 5.91 Å². The molecule has 0 N–H and O–H groups in total. The van der Waals surface area contributed by atoms with Gasteiger partial charge < -0.3 is 14.4 Å². The lowest BCUT2D eigenvalue weighted by atomic mass is 10.1. The molecule has 1 atom stereocenters. The highest BCUT2D eigenvalue weighted by Gasteiger charge is 2.31. The lowest BCUT2D eigenvalue weighted by molar-refractivity contribution is -0.126. The minimum Gasteiger partial charge on any atom is -0.350 e. The fourth-order valence-electron chi connectivity index (χ4n) is 5.40. The van der Waals surface area contributed by atoms with E-state index < -0.39 is 41.5 Å². The third kappa shape index (κ3) is 5.02. The van der Waals surface area contributed by atoms with Crippen molar-refractivity contribution in [1.29, 1.82) is 0 Å². The van der Waals surface area contributed by atoms with Crippen molar-refractivity contribution in [1.82, 2.24) is 19.4 Å². The summed E-state index contributed by atoms with van der Waals surface area (Å²) < 4.78 is 59.9. The van der Waals surface area contributed by atoms with Crippen molar-refractivity contribution in [3.05, 3.63) is 88.6 Å². The zero-order chi connectivity index (χ0) is 30.5. The molecule has 8 nitrogen and oxygen atoms in total. The van der Waals surface area contributed by atoms with Crippen LogP contribution in [0.3, 0.4) is 0 Å². The highest BCUT2D eigenvalue weighted by atomic mass is 31.2. The summed E-state index contributed by atoms with van der Waals surface area (Å²) in [6.07, 6.45) is 1.22. The maximum Gasteiger partial charge on any atom is 0.355 e. The second-order valence-electron chi connectivity index (χ2n) is 10.7. The van der Waals surface area contributed by atoms with Gasteiger partial charge in [-0.3, -0.25) is 4.79 Å². The molecule has 0 radical (unpaired) electrons. The molecule has 42 heavy (non-hydrogen) atoms. The Hall–Kier alpha value is -4.24. The van der Waals surface area contributed by atoms with Crippen LogP contribution in [0.15, 0.2) is 59.9 Å².